The largest absolute Gasteiger partial charge is 0.143 e. The van der Waals surface area contributed by atoms with Crippen molar-refractivity contribution in [1.29, 1.82) is 0 Å². The zero-order valence-electron chi connectivity index (χ0n) is 8.39. The van der Waals surface area contributed by atoms with Gasteiger partial charge < -0.3 is 0 Å². The summed E-state index contributed by atoms with van der Waals surface area (Å²) in [6, 6.07) is 0. The average Bonchev–Trinajstić information content (AvgIpc) is 1.83. The zero-order valence-corrected chi connectivity index (χ0v) is 8.39. The van der Waals surface area contributed by atoms with E-state index in [1.54, 1.807) is 5.06 Å². The van der Waals surface area contributed by atoms with Crippen LogP contribution in [0.15, 0.2) is 0 Å². The third kappa shape index (κ3) is 1.63. The normalized spacial score (nSPS) is 28.8. The lowest BCUT2D eigenvalue weighted by Gasteiger charge is -2.48. The van der Waals surface area contributed by atoms with E-state index in [0.29, 0.717) is 0 Å². The van der Waals surface area contributed by atoms with E-state index >= 15 is 0 Å². The summed E-state index contributed by atoms with van der Waals surface area (Å²) in [4.78, 5) is 4.20. The van der Waals surface area contributed by atoms with Crippen molar-refractivity contribution in [3.63, 3.8) is 0 Å². The number of piperidine rings is 1. The van der Waals surface area contributed by atoms with Gasteiger partial charge in [-0.3, -0.25) is 0 Å². The Kier molecular flexibility index (Phi) is 2.47. The van der Waals surface area contributed by atoms with E-state index in [0.717, 1.165) is 12.8 Å². The quantitative estimate of drug-likeness (QED) is 0.449. The first kappa shape index (κ1) is 9.96. The van der Waals surface area contributed by atoms with Crippen LogP contribution < -0.4 is 0 Å². The molecule has 0 aromatic carbocycles. The van der Waals surface area contributed by atoms with Crippen LogP contribution in [-0.2, 0) is 10.2 Å². The summed E-state index contributed by atoms with van der Waals surface area (Å²) < 4.78 is 0. The highest BCUT2D eigenvalue weighted by molar-refractivity contribution is 4.92. The van der Waals surface area contributed by atoms with Crippen LogP contribution in [0, 0.1) is 0 Å². The van der Waals surface area contributed by atoms with Gasteiger partial charge in [-0.1, -0.05) is 0 Å². The third-order valence-electron chi connectivity index (χ3n) is 2.75. The van der Waals surface area contributed by atoms with E-state index in [9.17, 15) is 5.26 Å². The molecule has 0 bridgehead atoms. The van der Waals surface area contributed by atoms with Gasteiger partial charge in [-0.05, 0) is 52.2 Å². The molecule has 1 radical (unpaired) electrons. The van der Waals surface area contributed by atoms with Gasteiger partial charge in [0.2, 0.25) is 0 Å². The Morgan fingerprint density at radius 3 is 1.75 bits per heavy atom. The summed E-state index contributed by atoms with van der Waals surface area (Å²) in [7, 11) is 0. The van der Waals surface area contributed by atoms with Gasteiger partial charge in [0, 0.05) is 11.1 Å². The van der Waals surface area contributed by atoms with Crippen molar-refractivity contribution in [3.05, 3.63) is 0 Å². The summed E-state index contributed by atoms with van der Waals surface area (Å²) in [5.74, 6) is 0. The van der Waals surface area contributed by atoms with Crippen LogP contribution in [0.4, 0.5) is 0 Å². The predicted octanol–water partition coefficient (Wildman–Crippen LogP) is 2.31. The minimum Gasteiger partial charge on any atom is -0.143 e. The van der Waals surface area contributed by atoms with Gasteiger partial charge in [0.15, 0.2) is 0 Å². The smallest absolute Gasteiger partial charge is 0.0444 e. The van der Waals surface area contributed by atoms with Crippen LogP contribution in [-0.4, -0.2) is 16.1 Å². The Hall–Kier alpha value is -0.120. The predicted molar refractivity (Wildman–Crippen MR) is 45.6 cm³/mol. The van der Waals surface area contributed by atoms with Gasteiger partial charge in [0.05, 0.1) is 0 Å². The number of nitrogens with zero attached hydrogens (tertiary/aromatic N) is 1. The first-order chi connectivity index (χ1) is 5.40. The lowest BCUT2D eigenvalue weighted by molar-refractivity contribution is -0.488. The van der Waals surface area contributed by atoms with Crippen LogP contribution in [0.3, 0.4) is 0 Å². The molecule has 1 rings (SSSR count). The topological polar surface area (TPSA) is 32.4 Å². The summed E-state index contributed by atoms with van der Waals surface area (Å²) in [6.07, 6.45) is 3.22. The molecule has 0 spiro atoms. The molecule has 1 aliphatic rings. The first-order valence-corrected chi connectivity index (χ1v) is 4.50. The van der Waals surface area contributed by atoms with Crippen LogP contribution in [0.5, 0.6) is 0 Å². The number of hydroxylamine groups is 2. The Labute approximate surface area is 74.2 Å². The number of hydrogen-bond acceptors (Lipinski definition) is 2. The lowest BCUT2D eigenvalue weighted by Crippen LogP contribution is -2.57. The second kappa shape index (κ2) is 2.98. The maximum Gasteiger partial charge on any atom is 0.0444 e. The van der Waals surface area contributed by atoms with Crippen molar-refractivity contribution >= 4 is 0 Å². The van der Waals surface area contributed by atoms with Crippen LogP contribution in [0.25, 0.3) is 0 Å². The van der Waals surface area contributed by atoms with E-state index < -0.39 is 0 Å². The molecule has 12 heavy (non-hydrogen) atoms. The first-order valence-electron chi connectivity index (χ1n) is 4.50. The minimum absolute atomic E-state index is 0.122. The Morgan fingerprint density at radius 1 is 1.08 bits per heavy atom. The van der Waals surface area contributed by atoms with E-state index in [4.69, 9.17) is 0 Å². The Bertz CT molecular complexity index is 150. The van der Waals surface area contributed by atoms with E-state index in [1.807, 2.05) is 27.7 Å². The van der Waals surface area contributed by atoms with Gasteiger partial charge in [-0.25, -0.2) is 0 Å². The highest BCUT2D eigenvalue weighted by Crippen LogP contribution is 2.37. The molecule has 0 saturated carbocycles. The summed E-state index contributed by atoms with van der Waals surface area (Å²) in [5, 5.41) is 12.1. The maximum atomic E-state index is 10.5. The van der Waals surface area contributed by atoms with Crippen molar-refractivity contribution in [2.75, 3.05) is 0 Å². The molecule has 0 aromatic rings. The molecule has 3 nitrogen and oxygen atoms in total. The molecule has 0 aromatic heterocycles. The van der Waals surface area contributed by atoms with E-state index in [2.05, 4.69) is 4.99 Å². The number of rotatable bonds is 1. The molecule has 1 saturated heterocycles. The molecule has 0 atom stereocenters. The van der Waals surface area contributed by atoms with Gasteiger partial charge in [0.25, 0.3) is 0 Å². The van der Waals surface area contributed by atoms with Crippen molar-refractivity contribution in [2.45, 2.75) is 58.0 Å². The molecule has 71 valence electrons. The van der Waals surface area contributed by atoms with Gasteiger partial charge in [-0.2, -0.15) is 0 Å². The van der Waals surface area contributed by atoms with Crippen LogP contribution in [0.2, 0.25) is 0 Å². The van der Waals surface area contributed by atoms with Crippen molar-refractivity contribution < 1.29 is 10.2 Å². The zero-order chi connectivity index (χ0) is 9.41. The molecule has 0 amide bonds. The van der Waals surface area contributed by atoms with Gasteiger partial charge >= 0.3 is 0 Å². The molecule has 0 N–H and O–H groups in total. The monoisotopic (exact) mass is 172 g/mol. The highest BCUT2D eigenvalue weighted by Gasteiger charge is 2.43. The number of hydrogen-bond donors (Lipinski definition) is 0. The fourth-order valence-electron chi connectivity index (χ4n) is 2.18. The second-order valence-corrected chi connectivity index (χ2v) is 4.85. The average molecular weight is 172 g/mol. The van der Waals surface area contributed by atoms with Crippen LogP contribution >= 0.6 is 0 Å². The summed E-state index contributed by atoms with van der Waals surface area (Å²) in [5.41, 5.74) is -0.243. The van der Waals surface area contributed by atoms with Crippen molar-refractivity contribution in [3.8, 4) is 0 Å². The SMILES string of the molecule is CC1(C)CCCC(C)(C)N1O[O]. The summed E-state index contributed by atoms with van der Waals surface area (Å²) in [6.45, 7) is 8.19. The van der Waals surface area contributed by atoms with Crippen molar-refractivity contribution in [2.24, 2.45) is 0 Å². The van der Waals surface area contributed by atoms with Crippen molar-refractivity contribution in [1.82, 2.24) is 5.06 Å². The standard InChI is InChI=1S/C9H18NO2/c1-8(2)6-5-7-9(3,4)10(8)12-11/h5-7H2,1-4H3. The Balaban J connectivity index is 2.81. The molecule has 1 heterocycles. The highest BCUT2D eigenvalue weighted by atomic mass is 17.2. The molecule has 1 aliphatic heterocycles. The van der Waals surface area contributed by atoms with E-state index in [1.165, 1.54) is 6.42 Å². The fourth-order valence-corrected chi connectivity index (χ4v) is 2.18. The molecular weight excluding hydrogens is 154 g/mol. The third-order valence-corrected chi connectivity index (χ3v) is 2.75. The molecule has 3 heteroatoms. The molecule has 0 aliphatic carbocycles. The molecular formula is C9H18NO2. The Morgan fingerprint density at radius 2 is 1.50 bits per heavy atom. The fraction of sp³-hybridized carbons (Fsp3) is 1.00. The van der Waals surface area contributed by atoms with Crippen LogP contribution in [0.1, 0.15) is 47.0 Å². The second-order valence-electron chi connectivity index (χ2n) is 4.85. The van der Waals surface area contributed by atoms with Gasteiger partial charge in [0.1, 0.15) is 0 Å². The molecule has 0 unspecified atom stereocenters. The molecule has 1 fully saturated rings. The van der Waals surface area contributed by atoms with Gasteiger partial charge in [-0.15, -0.1) is 10.1 Å². The maximum absolute atomic E-state index is 10.5. The minimum atomic E-state index is -0.122. The van der Waals surface area contributed by atoms with E-state index in [-0.39, 0.29) is 11.1 Å². The summed E-state index contributed by atoms with van der Waals surface area (Å²) >= 11 is 0. The lowest BCUT2D eigenvalue weighted by atomic mass is 9.82.